The van der Waals surface area contributed by atoms with Crippen LogP contribution in [0.25, 0.3) is 0 Å². The van der Waals surface area contributed by atoms with E-state index in [4.69, 9.17) is 0 Å². The smallest absolute Gasteiger partial charge is 0.224 e. The molecule has 0 aromatic heterocycles. The van der Waals surface area contributed by atoms with Gasteiger partial charge in [-0.15, -0.1) is 0 Å². The van der Waals surface area contributed by atoms with E-state index < -0.39 is 0 Å². The van der Waals surface area contributed by atoms with Crippen molar-refractivity contribution < 1.29 is 9.59 Å². The average molecular weight is 350 g/mol. The third kappa shape index (κ3) is 5.19. The maximum Gasteiger partial charge on any atom is 0.224 e. The van der Waals surface area contributed by atoms with Crippen molar-refractivity contribution in [2.24, 2.45) is 0 Å². The van der Waals surface area contributed by atoms with Gasteiger partial charge in [0.05, 0.1) is 6.42 Å². The first-order chi connectivity index (χ1) is 12.6. The molecule has 0 unspecified atom stereocenters. The number of rotatable bonds is 5. The van der Waals surface area contributed by atoms with Crippen molar-refractivity contribution in [3.05, 3.63) is 65.7 Å². The van der Waals surface area contributed by atoms with E-state index in [1.54, 1.807) is 0 Å². The van der Waals surface area contributed by atoms with Crippen LogP contribution >= 0.6 is 0 Å². The van der Waals surface area contributed by atoms with Crippen molar-refractivity contribution in [3.63, 3.8) is 0 Å². The van der Waals surface area contributed by atoms with Gasteiger partial charge in [-0.05, 0) is 54.9 Å². The summed E-state index contributed by atoms with van der Waals surface area (Å²) in [5, 5.41) is 5.92. The van der Waals surface area contributed by atoms with E-state index in [0.29, 0.717) is 12.3 Å². The minimum atomic E-state index is -0.109. The molecule has 1 fully saturated rings. The van der Waals surface area contributed by atoms with E-state index in [9.17, 15) is 9.59 Å². The monoisotopic (exact) mass is 350 g/mol. The van der Waals surface area contributed by atoms with Crippen LogP contribution in [0.2, 0.25) is 0 Å². The molecule has 2 aromatic carbocycles. The highest BCUT2D eigenvalue weighted by molar-refractivity contribution is 5.89. The van der Waals surface area contributed by atoms with Crippen molar-refractivity contribution in [2.45, 2.75) is 51.0 Å². The fraction of sp³-hybridized carbons (Fsp3) is 0.364. The molecular weight excluding hydrogens is 324 g/mol. The number of anilines is 1. The van der Waals surface area contributed by atoms with Crippen LogP contribution in [0, 0.1) is 0 Å². The molecule has 0 saturated heterocycles. The number of hydrogen-bond acceptors (Lipinski definition) is 2. The molecule has 4 nitrogen and oxygen atoms in total. The van der Waals surface area contributed by atoms with E-state index in [2.05, 4.69) is 41.0 Å². The number of amides is 2. The van der Waals surface area contributed by atoms with Gasteiger partial charge in [0, 0.05) is 18.7 Å². The Morgan fingerprint density at radius 3 is 2.38 bits per heavy atom. The van der Waals surface area contributed by atoms with Crippen molar-refractivity contribution in [1.29, 1.82) is 0 Å². The van der Waals surface area contributed by atoms with Crippen LogP contribution in [-0.2, 0) is 16.0 Å². The maximum absolute atomic E-state index is 12.4. The molecule has 2 aromatic rings. The summed E-state index contributed by atoms with van der Waals surface area (Å²) in [6.07, 6.45) is 4.63. The highest BCUT2D eigenvalue weighted by Crippen LogP contribution is 2.32. The van der Waals surface area contributed by atoms with Gasteiger partial charge in [0.1, 0.15) is 0 Å². The molecule has 1 aliphatic carbocycles. The zero-order chi connectivity index (χ0) is 18.4. The second-order valence-electron chi connectivity index (χ2n) is 7.09. The lowest BCUT2D eigenvalue weighted by molar-refractivity contribution is -0.121. The minimum Gasteiger partial charge on any atom is -0.353 e. The van der Waals surface area contributed by atoms with Crippen LogP contribution in [-0.4, -0.2) is 17.9 Å². The zero-order valence-electron chi connectivity index (χ0n) is 15.2. The SMILES string of the molecule is CC(=O)Nc1cccc(CC(=O)NC2CCC(c3ccccc3)CC2)c1. The lowest BCUT2D eigenvalue weighted by Gasteiger charge is -2.29. The van der Waals surface area contributed by atoms with Crippen LogP contribution in [0.1, 0.15) is 49.7 Å². The van der Waals surface area contributed by atoms with E-state index in [0.717, 1.165) is 36.9 Å². The Kier molecular flexibility index (Phi) is 6.05. The van der Waals surface area contributed by atoms with Gasteiger partial charge in [-0.3, -0.25) is 9.59 Å². The lowest BCUT2D eigenvalue weighted by Crippen LogP contribution is -2.38. The second-order valence-corrected chi connectivity index (χ2v) is 7.09. The molecule has 136 valence electrons. The van der Waals surface area contributed by atoms with Gasteiger partial charge in [0.25, 0.3) is 0 Å². The topological polar surface area (TPSA) is 58.2 Å². The van der Waals surface area contributed by atoms with Gasteiger partial charge in [-0.25, -0.2) is 0 Å². The van der Waals surface area contributed by atoms with E-state index in [-0.39, 0.29) is 17.9 Å². The Morgan fingerprint density at radius 2 is 1.69 bits per heavy atom. The molecule has 4 heteroatoms. The van der Waals surface area contributed by atoms with Crippen LogP contribution in [0.15, 0.2) is 54.6 Å². The van der Waals surface area contributed by atoms with E-state index in [1.807, 2.05) is 24.3 Å². The normalized spacial score (nSPS) is 19.6. The molecular formula is C22H26N2O2. The van der Waals surface area contributed by atoms with Gasteiger partial charge in [-0.2, -0.15) is 0 Å². The fourth-order valence-corrected chi connectivity index (χ4v) is 3.72. The van der Waals surface area contributed by atoms with E-state index >= 15 is 0 Å². The summed E-state index contributed by atoms with van der Waals surface area (Å²) >= 11 is 0. The second kappa shape index (κ2) is 8.65. The van der Waals surface area contributed by atoms with Gasteiger partial charge in [-0.1, -0.05) is 42.5 Å². The lowest BCUT2D eigenvalue weighted by atomic mass is 9.82. The molecule has 1 saturated carbocycles. The molecule has 0 radical (unpaired) electrons. The number of hydrogen-bond donors (Lipinski definition) is 2. The third-order valence-corrected chi connectivity index (χ3v) is 4.98. The first-order valence-electron chi connectivity index (χ1n) is 9.31. The summed E-state index contributed by atoms with van der Waals surface area (Å²) in [4.78, 5) is 23.5. The number of carbonyl (C=O) groups excluding carboxylic acids is 2. The molecule has 0 heterocycles. The predicted molar refractivity (Wildman–Crippen MR) is 104 cm³/mol. The Bertz CT molecular complexity index is 750. The predicted octanol–water partition coefficient (Wildman–Crippen LogP) is 4.03. The molecule has 0 bridgehead atoms. The highest BCUT2D eigenvalue weighted by Gasteiger charge is 2.23. The largest absolute Gasteiger partial charge is 0.353 e. The highest BCUT2D eigenvalue weighted by atomic mass is 16.2. The van der Waals surface area contributed by atoms with Crippen LogP contribution in [0.5, 0.6) is 0 Å². The standard InChI is InChI=1S/C22H26N2O2/c1-16(25)23-21-9-5-6-17(14-21)15-22(26)24-20-12-10-19(11-13-20)18-7-3-2-4-8-18/h2-9,14,19-20H,10-13,15H2,1H3,(H,23,25)(H,24,26). The van der Waals surface area contributed by atoms with Gasteiger partial charge < -0.3 is 10.6 Å². The van der Waals surface area contributed by atoms with Crippen molar-refractivity contribution in [1.82, 2.24) is 5.32 Å². The molecule has 0 aliphatic heterocycles. The molecule has 0 atom stereocenters. The van der Waals surface area contributed by atoms with Crippen molar-refractivity contribution in [2.75, 3.05) is 5.32 Å². The van der Waals surface area contributed by atoms with Crippen LogP contribution in [0.3, 0.4) is 0 Å². The van der Waals surface area contributed by atoms with Crippen LogP contribution < -0.4 is 10.6 Å². The van der Waals surface area contributed by atoms with Crippen LogP contribution in [0.4, 0.5) is 5.69 Å². The van der Waals surface area contributed by atoms with Crippen molar-refractivity contribution in [3.8, 4) is 0 Å². The summed E-state index contributed by atoms with van der Waals surface area (Å²) in [5.41, 5.74) is 3.05. The quantitative estimate of drug-likeness (QED) is 0.855. The van der Waals surface area contributed by atoms with E-state index in [1.165, 1.54) is 12.5 Å². The molecule has 2 N–H and O–H groups in total. The zero-order valence-corrected chi connectivity index (χ0v) is 15.2. The molecule has 2 amide bonds. The van der Waals surface area contributed by atoms with Crippen molar-refractivity contribution >= 4 is 17.5 Å². The number of benzene rings is 2. The Labute approximate surface area is 155 Å². The summed E-state index contributed by atoms with van der Waals surface area (Å²) < 4.78 is 0. The Balaban J connectivity index is 1.48. The average Bonchev–Trinajstić information content (AvgIpc) is 2.63. The Morgan fingerprint density at radius 1 is 0.962 bits per heavy atom. The van der Waals surface area contributed by atoms with Gasteiger partial charge in [0.15, 0.2) is 0 Å². The first-order valence-corrected chi connectivity index (χ1v) is 9.31. The fourth-order valence-electron chi connectivity index (χ4n) is 3.72. The maximum atomic E-state index is 12.4. The molecule has 0 spiro atoms. The van der Waals surface area contributed by atoms with Gasteiger partial charge >= 0.3 is 0 Å². The first kappa shape index (κ1) is 18.2. The minimum absolute atomic E-state index is 0.0492. The summed E-state index contributed by atoms with van der Waals surface area (Å²) in [7, 11) is 0. The third-order valence-electron chi connectivity index (χ3n) is 4.98. The number of nitrogens with one attached hydrogen (secondary N) is 2. The van der Waals surface area contributed by atoms with Gasteiger partial charge in [0.2, 0.25) is 11.8 Å². The molecule has 3 rings (SSSR count). The molecule has 1 aliphatic rings. The molecule has 26 heavy (non-hydrogen) atoms. The summed E-state index contributed by atoms with van der Waals surface area (Å²) in [5.74, 6) is 0.550. The summed E-state index contributed by atoms with van der Waals surface area (Å²) in [6.45, 7) is 1.48. The Hall–Kier alpha value is -2.62. The number of carbonyl (C=O) groups is 2. The summed E-state index contributed by atoms with van der Waals surface area (Å²) in [6, 6.07) is 18.4.